The molecule has 3 aromatic rings. The molecule has 3 aliphatic heterocycles. The Morgan fingerprint density at radius 2 is 1.66 bits per heavy atom. The zero-order chi connectivity index (χ0) is 42.6. The molecule has 9 aliphatic rings. The van der Waals surface area contributed by atoms with Crippen LogP contribution in [0.5, 0.6) is 0 Å². The van der Waals surface area contributed by atoms with Crippen molar-refractivity contribution in [3.63, 3.8) is 0 Å². The van der Waals surface area contributed by atoms with Crippen molar-refractivity contribution >= 4 is 17.1 Å². The summed E-state index contributed by atoms with van der Waals surface area (Å²) in [6.07, 6.45) is 47.8. The number of rotatable bonds is 8. The monoisotopic (exact) mass is 840 g/mol. The van der Waals surface area contributed by atoms with Gasteiger partial charge in [0.1, 0.15) is 0 Å². The van der Waals surface area contributed by atoms with Gasteiger partial charge in [-0.15, -0.1) is 0 Å². The van der Waals surface area contributed by atoms with Crippen LogP contribution < -0.4 is 9.80 Å². The summed E-state index contributed by atoms with van der Waals surface area (Å²) in [5.74, 6) is 2.46. The van der Waals surface area contributed by atoms with Crippen LogP contribution in [0.25, 0.3) is 0 Å². The van der Waals surface area contributed by atoms with E-state index in [0.29, 0.717) is 29.7 Å². The molecule has 6 aliphatic carbocycles. The first-order valence-electron chi connectivity index (χ1n) is 25.2. The van der Waals surface area contributed by atoms with Crippen molar-refractivity contribution in [1.82, 2.24) is 0 Å². The van der Waals surface area contributed by atoms with Gasteiger partial charge in [-0.2, -0.15) is 0 Å². The first kappa shape index (κ1) is 40.1. The van der Waals surface area contributed by atoms with Gasteiger partial charge in [-0.25, -0.2) is 0 Å². The van der Waals surface area contributed by atoms with Crippen LogP contribution in [0, 0.1) is 24.7 Å². The molecule has 0 N–H and O–H groups in total. The van der Waals surface area contributed by atoms with E-state index in [-0.39, 0.29) is 18.0 Å². The van der Waals surface area contributed by atoms with Gasteiger partial charge >= 0.3 is 0 Å². The van der Waals surface area contributed by atoms with Crippen LogP contribution >= 0.6 is 0 Å². The topological polar surface area (TPSA) is 18.8 Å². The third-order valence-corrected chi connectivity index (χ3v) is 16.8. The number of anilines is 2. The van der Waals surface area contributed by atoms with Crippen LogP contribution in [-0.2, 0) is 0 Å². The maximum Gasteiger partial charge on any atom is 0.0667 e. The van der Waals surface area contributed by atoms with Crippen molar-refractivity contribution in [2.45, 2.75) is 133 Å². The van der Waals surface area contributed by atoms with Crippen molar-refractivity contribution in [2.24, 2.45) is 22.7 Å². The maximum atomic E-state index is 5.57. The summed E-state index contributed by atoms with van der Waals surface area (Å²) in [6.45, 7) is 2.33. The van der Waals surface area contributed by atoms with Gasteiger partial charge in [0.05, 0.1) is 23.8 Å². The Kier molecular flexibility index (Phi) is 10.8. The third-order valence-electron chi connectivity index (χ3n) is 16.8. The molecule has 8 atom stereocenters. The number of aliphatic imine (C=N–C) groups is 1. The highest BCUT2D eigenvalue weighted by Gasteiger charge is 2.45. The van der Waals surface area contributed by atoms with E-state index < -0.39 is 0 Å². The Balaban J connectivity index is 0.944. The number of dihydropyridines is 1. The molecule has 324 valence electrons. The minimum absolute atomic E-state index is 0.237. The van der Waals surface area contributed by atoms with E-state index >= 15 is 0 Å². The molecule has 0 bridgehead atoms. The summed E-state index contributed by atoms with van der Waals surface area (Å²) in [5, 5.41) is 0. The smallest absolute Gasteiger partial charge is 0.0667 e. The molecule has 0 saturated heterocycles. The fourth-order valence-electron chi connectivity index (χ4n) is 13.6. The Bertz CT molecular complexity index is 2620. The van der Waals surface area contributed by atoms with E-state index in [9.17, 15) is 0 Å². The van der Waals surface area contributed by atoms with Crippen LogP contribution in [0.2, 0.25) is 0 Å². The van der Waals surface area contributed by atoms with Gasteiger partial charge in [0, 0.05) is 46.9 Å². The van der Waals surface area contributed by atoms with Gasteiger partial charge in [-0.05, 0) is 166 Å². The molecular weight excluding hydrogens is 775 g/mol. The Morgan fingerprint density at radius 3 is 2.53 bits per heavy atom. The molecule has 8 unspecified atom stereocenters. The highest BCUT2D eigenvalue weighted by Crippen LogP contribution is 2.54. The maximum absolute atomic E-state index is 5.57. The largest absolute Gasteiger partial charge is 0.338 e. The molecule has 64 heavy (non-hydrogen) atoms. The standard InChI is InChI=1S/C61H65N3/c1-41-17-11-12-24-50(41)53-36-45(29-30-47(53)35-42-18-5-2-6-19-42)46-31-33-60-54(37-46)55-38-48(63-58-27-15-13-25-51(58)52-26-14-16-28-59(52)63)32-34-61(55)64(60)49-39-56(43-20-7-3-8-21-43)62-57(40-49)44-22-9-4-10-23-44/h2-5,7-9,11-12,15,17-18,20-21,24,27,30-34,37-39,44-45,51,53-54,57-58,60H,6,10,13-14,16,19,22-23,25-26,28-29,35-36,40H2,1H3. The Labute approximate surface area is 382 Å². The van der Waals surface area contributed by atoms with Crippen molar-refractivity contribution < 1.29 is 0 Å². The van der Waals surface area contributed by atoms with Gasteiger partial charge in [-0.3, -0.25) is 4.99 Å². The zero-order valence-corrected chi connectivity index (χ0v) is 37.9. The normalized spacial score (nSPS) is 30.5. The first-order chi connectivity index (χ1) is 31.6. The summed E-state index contributed by atoms with van der Waals surface area (Å²) in [6, 6.07) is 28.9. The summed E-state index contributed by atoms with van der Waals surface area (Å²) in [5.41, 5.74) is 19.2. The first-order valence-corrected chi connectivity index (χ1v) is 25.2. The molecule has 0 aromatic heterocycles. The number of allylic oxidation sites excluding steroid dienone is 13. The van der Waals surface area contributed by atoms with Crippen LogP contribution in [0.4, 0.5) is 11.4 Å². The van der Waals surface area contributed by atoms with E-state index in [2.05, 4.69) is 162 Å². The Hall–Kier alpha value is -5.41. The van der Waals surface area contributed by atoms with Gasteiger partial charge in [0.2, 0.25) is 0 Å². The molecule has 0 amide bonds. The lowest BCUT2D eigenvalue weighted by Crippen LogP contribution is -2.37. The number of hydrogen-bond acceptors (Lipinski definition) is 3. The molecule has 0 fully saturated rings. The Morgan fingerprint density at radius 1 is 0.766 bits per heavy atom. The number of fused-ring (bicyclic) bond motifs is 5. The second-order valence-electron chi connectivity index (χ2n) is 20.5. The average molecular weight is 840 g/mol. The van der Waals surface area contributed by atoms with Crippen molar-refractivity contribution in [2.75, 3.05) is 9.80 Å². The zero-order valence-electron chi connectivity index (χ0n) is 37.9. The van der Waals surface area contributed by atoms with E-state index in [1.165, 1.54) is 109 Å². The van der Waals surface area contributed by atoms with Crippen LogP contribution in [0.1, 0.15) is 130 Å². The van der Waals surface area contributed by atoms with E-state index in [4.69, 9.17) is 4.99 Å². The molecule has 3 nitrogen and oxygen atoms in total. The molecule has 3 heterocycles. The van der Waals surface area contributed by atoms with Gasteiger partial charge in [0.25, 0.3) is 0 Å². The summed E-state index contributed by atoms with van der Waals surface area (Å²) >= 11 is 0. The minimum Gasteiger partial charge on any atom is -0.338 e. The molecule has 0 spiro atoms. The van der Waals surface area contributed by atoms with Gasteiger partial charge < -0.3 is 9.80 Å². The number of benzene rings is 3. The lowest BCUT2D eigenvalue weighted by Gasteiger charge is -2.38. The fraction of sp³-hybridized carbons (Fsp3) is 0.393. The number of aryl methyl sites for hydroxylation is 1. The van der Waals surface area contributed by atoms with Crippen LogP contribution in [-0.4, -0.2) is 23.8 Å². The fourth-order valence-corrected chi connectivity index (χ4v) is 13.6. The lowest BCUT2D eigenvalue weighted by atomic mass is 9.70. The third kappa shape index (κ3) is 7.32. The van der Waals surface area contributed by atoms with Crippen molar-refractivity contribution in [3.8, 4) is 0 Å². The predicted molar refractivity (Wildman–Crippen MR) is 268 cm³/mol. The number of nitrogens with zero attached hydrogens (tertiary/aromatic N) is 3. The molecule has 0 saturated carbocycles. The SMILES string of the molecule is Cc1ccccc1C1CC(C2=CC3c4cc(N5C6=C(CCCC6)C6CCC=CC65)ccc4N(C4=CC(c5ccccc5)=NC(C5CC=CCC5)C4)C3C=C2)CC=C1CC1=CC=CCC1. The second-order valence-corrected chi connectivity index (χ2v) is 20.5. The van der Waals surface area contributed by atoms with Crippen molar-refractivity contribution in [3.05, 3.63) is 202 Å². The molecule has 12 rings (SSSR count). The van der Waals surface area contributed by atoms with E-state index in [1.807, 2.05) is 0 Å². The highest BCUT2D eigenvalue weighted by atomic mass is 15.2. The molecule has 3 heteroatoms. The number of hydrogen-bond donors (Lipinski definition) is 0. The molecule has 3 aromatic carbocycles. The van der Waals surface area contributed by atoms with E-state index in [0.717, 1.165) is 37.8 Å². The van der Waals surface area contributed by atoms with Gasteiger partial charge in [0.15, 0.2) is 0 Å². The molecule has 0 radical (unpaired) electrons. The quantitative estimate of drug-likeness (QED) is 0.211. The van der Waals surface area contributed by atoms with E-state index in [1.54, 1.807) is 22.4 Å². The average Bonchev–Trinajstić information content (AvgIpc) is 3.87. The van der Waals surface area contributed by atoms with Crippen molar-refractivity contribution in [1.29, 1.82) is 0 Å². The second kappa shape index (κ2) is 17.2. The molecular formula is C61H65N3. The minimum atomic E-state index is 0.237. The highest BCUT2D eigenvalue weighted by molar-refractivity contribution is 6.10. The van der Waals surface area contributed by atoms with Gasteiger partial charge in [-0.1, -0.05) is 133 Å². The summed E-state index contributed by atoms with van der Waals surface area (Å²) in [4.78, 5) is 11.2. The van der Waals surface area contributed by atoms with Crippen LogP contribution in [0.15, 0.2) is 184 Å². The summed E-state index contributed by atoms with van der Waals surface area (Å²) < 4.78 is 0. The van der Waals surface area contributed by atoms with Crippen LogP contribution in [0.3, 0.4) is 0 Å². The predicted octanol–water partition coefficient (Wildman–Crippen LogP) is 15.0. The summed E-state index contributed by atoms with van der Waals surface area (Å²) in [7, 11) is 0. The lowest BCUT2D eigenvalue weighted by molar-refractivity contribution is 0.383.